The van der Waals surface area contributed by atoms with Crippen molar-refractivity contribution in [3.05, 3.63) is 35.1 Å². The van der Waals surface area contributed by atoms with Crippen LogP contribution in [0, 0.1) is 17.1 Å². The van der Waals surface area contributed by atoms with Gasteiger partial charge in [0.05, 0.1) is 17.4 Å². The van der Waals surface area contributed by atoms with E-state index in [1.54, 1.807) is 13.0 Å². The standard InChI is InChI=1S/C13H15FN2O4S/c1-2-5-16(8-13(17)18)21(19,20)9-11-6-10(7-15)3-4-12(11)14/h3-4,6H,2,5,8-9H2,1H3,(H,17,18). The van der Waals surface area contributed by atoms with Crippen molar-refractivity contribution in [2.24, 2.45) is 0 Å². The van der Waals surface area contributed by atoms with Crippen LogP contribution in [0.2, 0.25) is 0 Å². The fraction of sp³-hybridized carbons (Fsp3) is 0.385. The van der Waals surface area contributed by atoms with Crippen LogP contribution in [0.15, 0.2) is 18.2 Å². The number of rotatable bonds is 7. The molecule has 1 rings (SSSR count). The van der Waals surface area contributed by atoms with Crippen LogP contribution in [0.1, 0.15) is 24.5 Å². The molecule has 114 valence electrons. The van der Waals surface area contributed by atoms with Gasteiger partial charge in [-0.05, 0) is 24.6 Å². The Morgan fingerprint density at radius 2 is 2.14 bits per heavy atom. The Balaban J connectivity index is 3.08. The summed E-state index contributed by atoms with van der Waals surface area (Å²) >= 11 is 0. The molecule has 0 aromatic heterocycles. The van der Waals surface area contributed by atoms with Crippen LogP contribution in [0.5, 0.6) is 0 Å². The molecule has 0 atom stereocenters. The third kappa shape index (κ3) is 4.81. The molecule has 21 heavy (non-hydrogen) atoms. The van der Waals surface area contributed by atoms with Gasteiger partial charge in [0.1, 0.15) is 12.4 Å². The van der Waals surface area contributed by atoms with Crippen LogP contribution in [-0.2, 0) is 20.6 Å². The van der Waals surface area contributed by atoms with Crippen LogP contribution in [0.4, 0.5) is 4.39 Å². The third-order valence-electron chi connectivity index (χ3n) is 2.69. The van der Waals surface area contributed by atoms with E-state index in [0.717, 1.165) is 16.4 Å². The van der Waals surface area contributed by atoms with Gasteiger partial charge in [-0.3, -0.25) is 4.79 Å². The van der Waals surface area contributed by atoms with Crippen LogP contribution < -0.4 is 0 Å². The Labute approximate surface area is 122 Å². The first-order chi connectivity index (χ1) is 9.80. The van der Waals surface area contributed by atoms with Gasteiger partial charge in [-0.1, -0.05) is 6.92 Å². The summed E-state index contributed by atoms with van der Waals surface area (Å²) in [6.07, 6.45) is 0.438. The number of nitriles is 1. The summed E-state index contributed by atoms with van der Waals surface area (Å²) in [5.74, 6) is -2.70. The number of carbonyl (C=O) groups is 1. The van der Waals surface area contributed by atoms with Crippen LogP contribution in [0.25, 0.3) is 0 Å². The monoisotopic (exact) mass is 314 g/mol. The number of nitrogens with zero attached hydrogens (tertiary/aromatic N) is 2. The SMILES string of the molecule is CCCN(CC(=O)O)S(=O)(=O)Cc1cc(C#N)ccc1F. The zero-order valence-corrected chi connectivity index (χ0v) is 12.2. The molecule has 0 aliphatic rings. The molecule has 0 saturated heterocycles. The molecule has 0 radical (unpaired) electrons. The average molecular weight is 314 g/mol. The molecule has 0 saturated carbocycles. The highest BCUT2D eigenvalue weighted by atomic mass is 32.2. The number of hydrogen-bond acceptors (Lipinski definition) is 4. The molecular weight excluding hydrogens is 299 g/mol. The molecule has 1 aromatic rings. The van der Waals surface area contributed by atoms with Crippen LogP contribution in [-0.4, -0.2) is 36.9 Å². The van der Waals surface area contributed by atoms with E-state index < -0.39 is 34.1 Å². The average Bonchev–Trinajstić information content (AvgIpc) is 2.40. The minimum atomic E-state index is -3.98. The van der Waals surface area contributed by atoms with Crippen LogP contribution in [0.3, 0.4) is 0 Å². The number of carboxylic acids is 1. The lowest BCUT2D eigenvalue weighted by Gasteiger charge is -2.19. The number of hydrogen-bond donors (Lipinski definition) is 1. The smallest absolute Gasteiger partial charge is 0.318 e. The van der Waals surface area contributed by atoms with Gasteiger partial charge >= 0.3 is 5.97 Å². The first-order valence-corrected chi connectivity index (χ1v) is 7.79. The van der Waals surface area contributed by atoms with E-state index >= 15 is 0 Å². The summed E-state index contributed by atoms with van der Waals surface area (Å²) in [5, 5.41) is 17.5. The Bertz CT molecular complexity index is 667. The minimum absolute atomic E-state index is 0.0359. The van der Waals surface area contributed by atoms with E-state index in [9.17, 15) is 17.6 Å². The zero-order valence-electron chi connectivity index (χ0n) is 11.4. The number of carboxylic acid groups (broad SMARTS) is 1. The van der Waals surface area contributed by atoms with E-state index in [2.05, 4.69) is 0 Å². The second kappa shape index (κ2) is 7.15. The van der Waals surface area contributed by atoms with Crippen molar-refractivity contribution >= 4 is 16.0 Å². The second-order valence-electron chi connectivity index (χ2n) is 4.40. The highest BCUT2D eigenvalue weighted by Crippen LogP contribution is 2.16. The van der Waals surface area contributed by atoms with Gasteiger partial charge < -0.3 is 5.11 Å². The highest BCUT2D eigenvalue weighted by Gasteiger charge is 2.25. The molecule has 1 aromatic carbocycles. The van der Waals surface area contributed by atoms with Crippen molar-refractivity contribution in [2.75, 3.05) is 13.1 Å². The van der Waals surface area contributed by atoms with Crippen molar-refractivity contribution in [3.8, 4) is 6.07 Å². The van der Waals surface area contributed by atoms with Crippen molar-refractivity contribution in [3.63, 3.8) is 0 Å². The van der Waals surface area contributed by atoms with E-state index in [-0.39, 0.29) is 17.7 Å². The van der Waals surface area contributed by atoms with E-state index in [1.165, 1.54) is 6.07 Å². The van der Waals surface area contributed by atoms with E-state index in [4.69, 9.17) is 10.4 Å². The van der Waals surface area contributed by atoms with Gasteiger partial charge in [0.15, 0.2) is 0 Å². The molecule has 0 amide bonds. The van der Waals surface area contributed by atoms with Gasteiger partial charge in [0.25, 0.3) is 0 Å². The lowest BCUT2D eigenvalue weighted by molar-refractivity contribution is -0.137. The van der Waals surface area contributed by atoms with Gasteiger partial charge in [0.2, 0.25) is 10.0 Å². The number of benzene rings is 1. The Kier molecular flexibility index (Phi) is 5.81. The topological polar surface area (TPSA) is 98.5 Å². The number of halogens is 1. The Morgan fingerprint density at radius 1 is 1.48 bits per heavy atom. The fourth-order valence-electron chi connectivity index (χ4n) is 1.76. The quantitative estimate of drug-likeness (QED) is 0.818. The number of sulfonamides is 1. The molecule has 1 N–H and O–H groups in total. The summed E-state index contributed by atoms with van der Waals surface area (Å²) < 4.78 is 38.8. The lowest BCUT2D eigenvalue weighted by atomic mass is 10.1. The summed E-state index contributed by atoms with van der Waals surface area (Å²) in [4.78, 5) is 10.7. The zero-order chi connectivity index (χ0) is 16.0. The summed E-state index contributed by atoms with van der Waals surface area (Å²) in [7, 11) is -3.98. The molecule has 0 fully saturated rings. The molecule has 0 aliphatic heterocycles. The van der Waals surface area contributed by atoms with Gasteiger partial charge in [-0.25, -0.2) is 12.8 Å². The Hall–Kier alpha value is -1.98. The van der Waals surface area contributed by atoms with Crippen molar-refractivity contribution in [1.29, 1.82) is 5.26 Å². The first-order valence-electron chi connectivity index (χ1n) is 6.18. The normalized spacial score (nSPS) is 11.3. The lowest BCUT2D eigenvalue weighted by Crippen LogP contribution is -2.37. The van der Waals surface area contributed by atoms with Gasteiger partial charge in [0, 0.05) is 12.1 Å². The van der Waals surface area contributed by atoms with Gasteiger partial charge in [-0.15, -0.1) is 0 Å². The molecular formula is C13H15FN2O4S. The molecule has 8 heteroatoms. The fourth-order valence-corrected chi connectivity index (χ4v) is 3.32. The summed E-state index contributed by atoms with van der Waals surface area (Å²) in [5.41, 5.74) is -0.0117. The van der Waals surface area contributed by atoms with Crippen molar-refractivity contribution in [1.82, 2.24) is 4.31 Å². The molecule has 0 unspecified atom stereocenters. The van der Waals surface area contributed by atoms with Gasteiger partial charge in [-0.2, -0.15) is 9.57 Å². The summed E-state index contributed by atoms with van der Waals surface area (Å²) in [6.45, 7) is 1.07. The van der Waals surface area contributed by atoms with Crippen molar-refractivity contribution < 1.29 is 22.7 Å². The molecule has 0 bridgehead atoms. The van der Waals surface area contributed by atoms with Crippen molar-refractivity contribution in [2.45, 2.75) is 19.1 Å². The Morgan fingerprint density at radius 3 is 2.67 bits per heavy atom. The maximum Gasteiger partial charge on any atom is 0.318 e. The second-order valence-corrected chi connectivity index (χ2v) is 6.37. The first kappa shape index (κ1) is 17.1. The maximum absolute atomic E-state index is 13.6. The third-order valence-corrected chi connectivity index (χ3v) is 4.46. The minimum Gasteiger partial charge on any atom is -0.480 e. The predicted octanol–water partition coefficient (Wildman–Crippen LogP) is 1.32. The molecule has 0 spiro atoms. The van der Waals surface area contributed by atoms with E-state index in [0.29, 0.717) is 6.42 Å². The number of aliphatic carboxylic acids is 1. The molecule has 0 heterocycles. The predicted molar refractivity (Wildman–Crippen MR) is 73.2 cm³/mol. The van der Waals surface area contributed by atoms with Crippen LogP contribution >= 0.6 is 0 Å². The van der Waals surface area contributed by atoms with E-state index in [1.807, 2.05) is 0 Å². The maximum atomic E-state index is 13.6. The summed E-state index contributed by atoms with van der Waals surface area (Å²) in [6, 6.07) is 5.21. The largest absolute Gasteiger partial charge is 0.480 e. The molecule has 0 aliphatic carbocycles. The highest BCUT2D eigenvalue weighted by molar-refractivity contribution is 7.88. The molecule has 6 nitrogen and oxygen atoms in total.